The lowest BCUT2D eigenvalue weighted by Gasteiger charge is -2.33. The molecule has 1 aromatic carbocycles. The maximum absolute atomic E-state index is 12.2. The molecule has 0 aliphatic carbocycles. The molecule has 7 heteroatoms. The second-order valence-corrected chi connectivity index (χ2v) is 5.87. The fourth-order valence-electron chi connectivity index (χ4n) is 1.92. The zero-order valence-electron chi connectivity index (χ0n) is 13.7. The molecular formula is C16H20N4O3. The normalized spacial score (nSPS) is 11.5. The molecule has 0 atom stereocenters. The van der Waals surface area contributed by atoms with E-state index in [2.05, 4.69) is 5.32 Å². The van der Waals surface area contributed by atoms with Crippen LogP contribution in [-0.4, -0.2) is 27.8 Å². The molecular weight excluding hydrogens is 296 g/mol. The van der Waals surface area contributed by atoms with Crippen molar-refractivity contribution in [3.05, 3.63) is 46.2 Å². The molecule has 0 bridgehead atoms. The minimum Gasteiger partial charge on any atom is -0.372 e. The van der Waals surface area contributed by atoms with Crippen LogP contribution in [0.2, 0.25) is 0 Å². The minimum atomic E-state index is -0.552. The van der Waals surface area contributed by atoms with E-state index in [1.165, 1.54) is 30.5 Å². The highest BCUT2D eigenvalue weighted by atomic mass is 16.6. The second kappa shape index (κ2) is 7.40. The Morgan fingerprint density at radius 3 is 2.35 bits per heavy atom. The Kier molecular flexibility index (Phi) is 5.85. The number of nitriles is 1. The third-order valence-corrected chi connectivity index (χ3v) is 3.19. The predicted octanol–water partition coefficient (Wildman–Crippen LogP) is 3.06. The predicted molar refractivity (Wildman–Crippen MR) is 87.6 cm³/mol. The third kappa shape index (κ3) is 5.11. The Morgan fingerprint density at radius 1 is 1.39 bits per heavy atom. The maximum Gasteiger partial charge on any atom is 0.269 e. The molecule has 1 rings (SSSR count). The fraction of sp³-hybridized carbons (Fsp3) is 0.375. The topological polar surface area (TPSA) is 99.3 Å². The van der Waals surface area contributed by atoms with Gasteiger partial charge in [0.2, 0.25) is 0 Å². The van der Waals surface area contributed by atoms with Crippen LogP contribution in [0.3, 0.4) is 0 Å². The smallest absolute Gasteiger partial charge is 0.269 e. The van der Waals surface area contributed by atoms with E-state index in [-0.39, 0.29) is 16.8 Å². The van der Waals surface area contributed by atoms with Gasteiger partial charge in [0.15, 0.2) is 0 Å². The number of non-ortho nitro benzene ring substituents is 1. The van der Waals surface area contributed by atoms with Gasteiger partial charge in [-0.15, -0.1) is 0 Å². The van der Waals surface area contributed by atoms with E-state index in [0.29, 0.717) is 12.2 Å². The molecule has 122 valence electrons. The van der Waals surface area contributed by atoms with Crippen LogP contribution in [0.4, 0.5) is 11.4 Å². The van der Waals surface area contributed by atoms with Crippen molar-refractivity contribution in [1.82, 2.24) is 4.90 Å². The lowest BCUT2D eigenvalue weighted by atomic mass is 10.1. The summed E-state index contributed by atoms with van der Waals surface area (Å²) in [5.74, 6) is -0.552. The number of nitrogens with one attached hydrogen (secondary N) is 1. The van der Waals surface area contributed by atoms with Crippen LogP contribution < -0.4 is 5.32 Å². The van der Waals surface area contributed by atoms with Crippen molar-refractivity contribution >= 4 is 17.3 Å². The van der Waals surface area contributed by atoms with E-state index in [1.54, 1.807) is 0 Å². The number of hydrogen-bond acceptors (Lipinski definition) is 5. The molecule has 0 saturated carbocycles. The van der Waals surface area contributed by atoms with Crippen LogP contribution in [-0.2, 0) is 4.79 Å². The highest BCUT2D eigenvalue weighted by Crippen LogP contribution is 2.17. The largest absolute Gasteiger partial charge is 0.372 e. The van der Waals surface area contributed by atoms with E-state index in [1.807, 2.05) is 38.7 Å². The minimum absolute atomic E-state index is 0.0277. The summed E-state index contributed by atoms with van der Waals surface area (Å²) < 4.78 is 0. The zero-order chi connectivity index (χ0) is 17.6. The van der Waals surface area contributed by atoms with E-state index in [9.17, 15) is 20.2 Å². The van der Waals surface area contributed by atoms with E-state index < -0.39 is 10.8 Å². The molecule has 0 saturated heterocycles. The number of rotatable bonds is 5. The van der Waals surface area contributed by atoms with Gasteiger partial charge in [0, 0.05) is 36.1 Å². The van der Waals surface area contributed by atoms with Crippen LogP contribution in [0, 0.1) is 21.4 Å². The summed E-state index contributed by atoms with van der Waals surface area (Å²) in [6, 6.07) is 7.31. The highest BCUT2D eigenvalue weighted by Gasteiger charge is 2.19. The standard InChI is InChI=1S/C16H20N4O3/c1-5-19(16(2,3)4)11-12(10-17)15(21)18-13-6-8-14(9-7-13)20(22)23/h6-9,11H,5H2,1-4H3,(H,18,21)/b12-11-. The maximum atomic E-state index is 12.2. The lowest BCUT2D eigenvalue weighted by molar-refractivity contribution is -0.384. The number of anilines is 1. The Bertz CT molecular complexity index is 651. The van der Waals surface area contributed by atoms with Gasteiger partial charge in [-0.25, -0.2) is 0 Å². The van der Waals surface area contributed by atoms with E-state index in [4.69, 9.17) is 0 Å². The molecule has 0 aromatic heterocycles. The van der Waals surface area contributed by atoms with Crippen LogP contribution in [0.25, 0.3) is 0 Å². The summed E-state index contributed by atoms with van der Waals surface area (Å²) in [4.78, 5) is 24.1. The van der Waals surface area contributed by atoms with Gasteiger partial charge in [-0.2, -0.15) is 5.26 Å². The monoisotopic (exact) mass is 316 g/mol. The summed E-state index contributed by atoms with van der Waals surface area (Å²) in [6.45, 7) is 8.53. The van der Waals surface area contributed by atoms with Crippen molar-refractivity contribution in [3.63, 3.8) is 0 Å². The highest BCUT2D eigenvalue weighted by molar-refractivity contribution is 6.06. The van der Waals surface area contributed by atoms with Crippen molar-refractivity contribution in [1.29, 1.82) is 5.26 Å². The number of nitro benzene ring substituents is 1. The quantitative estimate of drug-likeness (QED) is 0.389. The number of benzene rings is 1. The number of nitro groups is 1. The molecule has 1 N–H and O–H groups in total. The van der Waals surface area contributed by atoms with Gasteiger partial charge in [0.1, 0.15) is 11.6 Å². The molecule has 0 aliphatic heterocycles. The second-order valence-electron chi connectivity index (χ2n) is 5.87. The molecule has 0 heterocycles. The van der Waals surface area contributed by atoms with Crippen LogP contribution in [0.1, 0.15) is 27.7 Å². The summed E-state index contributed by atoms with van der Waals surface area (Å²) in [5.41, 5.74) is 0.0782. The molecule has 0 unspecified atom stereocenters. The molecule has 0 radical (unpaired) electrons. The number of carbonyl (C=O) groups excluding carboxylic acids is 1. The summed E-state index contributed by atoms with van der Waals surface area (Å²) >= 11 is 0. The third-order valence-electron chi connectivity index (χ3n) is 3.19. The van der Waals surface area contributed by atoms with Crippen molar-refractivity contribution < 1.29 is 9.72 Å². The van der Waals surface area contributed by atoms with Crippen LogP contribution >= 0.6 is 0 Å². The van der Waals surface area contributed by atoms with Crippen molar-refractivity contribution in [2.45, 2.75) is 33.2 Å². The van der Waals surface area contributed by atoms with Crippen LogP contribution in [0.5, 0.6) is 0 Å². The van der Waals surface area contributed by atoms with Crippen LogP contribution in [0.15, 0.2) is 36.0 Å². The Hall–Kier alpha value is -2.88. The van der Waals surface area contributed by atoms with Gasteiger partial charge in [0.25, 0.3) is 11.6 Å². The number of carbonyl (C=O) groups is 1. The molecule has 7 nitrogen and oxygen atoms in total. The summed E-state index contributed by atoms with van der Waals surface area (Å²) in [5, 5.41) is 22.4. The van der Waals surface area contributed by atoms with Crippen molar-refractivity contribution in [3.8, 4) is 6.07 Å². The molecule has 1 aromatic rings. The van der Waals surface area contributed by atoms with E-state index >= 15 is 0 Å². The molecule has 23 heavy (non-hydrogen) atoms. The van der Waals surface area contributed by atoms with Crippen molar-refractivity contribution in [2.24, 2.45) is 0 Å². The van der Waals surface area contributed by atoms with Crippen molar-refractivity contribution in [2.75, 3.05) is 11.9 Å². The average Bonchev–Trinajstić information content (AvgIpc) is 2.47. The first-order valence-corrected chi connectivity index (χ1v) is 7.13. The summed E-state index contributed by atoms with van der Waals surface area (Å²) in [7, 11) is 0. The number of nitrogens with zero attached hydrogens (tertiary/aromatic N) is 3. The first-order chi connectivity index (χ1) is 10.7. The SMILES string of the molecule is CCN(/C=C(/C#N)C(=O)Nc1ccc([N+](=O)[O-])cc1)C(C)(C)C. The van der Waals surface area contributed by atoms with Gasteiger partial charge < -0.3 is 10.2 Å². The van der Waals surface area contributed by atoms with Gasteiger partial charge in [-0.05, 0) is 39.8 Å². The lowest BCUT2D eigenvalue weighted by Crippen LogP contribution is -2.37. The Balaban J connectivity index is 2.93. The molecule has 1 amide bonds. The Morgan fingerprint density at radius 2 is 1.96 bits per heavy atom. The molecule has 0 spiro atoms. The van der Waals surface area contributed by atoms with E-state index in [0.717, 1.165) is 0 Å². The van der Waals surface area contributed by atoms with Gasteiger partial charge in [-0.1, -0.05) is 0 Å². The van der Waals surface area contributed by atoms with Gasteiger partial charge in [-0.3, -0.25) is 14.9 Å². The summed E-state index contributed by atoms with van der Waals surface area (Å²) in [6.07, 6.45) is 1.53. The number of amides is 1. The number of hydrogen-bond donors (Lipinski definition) is 1. The molecule has 0 aliphatic rings. The van der Waals surface area contributed by atoms with Gasteiger partial charge in [0.05, 0.1) is 4.92 Å². The van der Waals surface area contributed by atoms with Gasteiger partial charge >= 0.3 is 0 Å². The molecule has 0 fully saturated rings. The zero-order valence-corrected chi connectivity index (χ0v) is 13.7. The first kappa shape index (κ1) is 18.2. The first-order valence-electron chi connectivity index (χ1n) is 7.13. The fourth-order valence-corrected chi connectivity index (χ4v) is 1.92. The average molecular weight is 316 g/mol. The Labute approximate surface area is 135 Å².